The highest BCUT2D eigenvalue weighted by Gasteiger charge is 2.12. The lowest BCUT2D eigenvalue weighted by molar-refractivity contribution is 0.422. The third kappa shape index (κ3) is 1.22. The molecule has 2 aromatic heterocycles. The van der Waals surface area contributed by atoms with Crippen molar-refractivity contribution in [3.05, 3.63) is 18.7 Å². The second-order valence-electron chi connectivity index (χ2n) is 2.50. The van der Waals surface area contributed by atoms with Crippen LogP contribution in [0.4, 0.5) is 11.6 Å². The zero-order valence-electron chi connectivity index (χ0n) is 7.21. The summed E-state index contributed by atoms with van der Waals surface area (Å²) in [6.07, 6.45) is 2.76. The number of hydrogen-bond acceptors (Lipinski definition) is 6. The second-order valence-corrected chi connectivity index (χ2v) is 2.50. The lowest BCUT2D eigenvalue weighted by atomic mass is 10.2. The average Bonchev–Trinajstić information content (AvgIpc) is 2.70. The molecule has 2 aromatic rings. The predicted octanol–water partition coefficient (Wildman–Crippen LogP) is 1.05. The highest BCUT2D eigenvalue weighted by molar-refractivity contribution is 5.80. The second kappa shape index (κ2) is 3.25. The largest absolute Gasteiger partial charge is 0.383 e. The number of anilines is 1. The molecule has 0 saturated carbocycles. The Kier molecular flexibility index (Phi) is 1.94. The molecule has 14 heavy (non-hydrogen) atoms. The first-order valence-electron chi connectivity index (χ1n) is 3.81. The molecule has 0 aromatic carbocycles. The number of aliphatic imine (C=N–C) groups is 1. The van der Waals surface area contributed by atoms with Gasteiger partial charge in [0.05, 0.1) is 5.56 Å². The Balaban J connectivity index is 2.67. The smallest absolute Gasteiger partial charge is 0.166 e. The molecule has 6 nitrogen and oxygen atoms in total. The van der Waals surface area contributed by atoms with Crippen LogP contribution < -0.4 is 5.73 Å². The van der Waals surface area contributed by atoms with Crippen LogP contribution in [-0.4, -0.2) is 21.8 Å². The monoisotopic (exact) mass is 189 g/mol. The van der Waals surface area contributed by atoms with Gasteiger partial charge in [-0.1, -0.05) is 5.16 Å². The molecule has 0 atom stereocenters. The van der Waals surface area contributed by atoms with Crippen LogP contribution in [0.15, 0.2) is 28.2 Å². The molecule has 0 saturated heterocycles. The van der Waals surface area contributed by atoms with Crippen LogP contribution >= 0.6 is 0 Å². The van der Waals surface area contributed by atoms with Gasteiger partial charge in [0.1, 0.15) is 24.1 Å². The van der Waals surface area contributed by atoms with Crippen LogP contribution in [-0.2, 0) is 0 Å². The van der Waals surface area contributed by atoms with Crippen molar-refractivity contribution in [3.63, 3.8) is 0 Å². The predicted molar refractivity (Wildman–Crippen MR) is 51.2 cm³/mol. The summed E-state index contributed by atoms with van der Waals surface area (Å²) in [6.45, 7) is 3.39. The fourth-order valence-corrected chi connectivity index (χ4v) is 1.10. The van der Waals surface area contributed by atoms with Crippen LogP contribution in [0.2, 0.25) is 0 Å². The van der Waals surface area contributed by atoms with E-state index in [1.165, 1.54) is 12.6 Å². The van der Waals surface area contributed by atoms with Crippen LogP contribution in [0.3, 0.4) is 0 Å². The van der Waals surface area contributed by atoms with Crippen molar-refractivity contribution in [2.24, 2.45) is 4.99 Å². The third-order valence-corrected chi connectivity index (χ3v) is 1.70. The van der Waals surface area contributed by atoms with Crippen molar-refractivity contribution in [3.8, 4) is 11.3 Å². The van der Waals surface area contributed by atoms with E-state index in [0.717, 1.165) is 0 Å². The first-order chi connectivity index (χ1) is 6.83. The lowest BCUT2D eigenvalue weighted by Gasteiger charge is -2.02. The maximum Gasteiger partial charge on any atom is 0.166 e. The van der Waals surface area contributed by atoms with Gasteiger partial charge in [0, 0.05) is 6.07 Å². The SMILES string of the molecule is C=Nc1ncnc(N)c1-c1ccon1. The summed E-state index contributed by atoms with van der Waals surface area (Å²) in [6, 6.07) is 1.66. The van der Waals surface area contributed by atoms with Crippen molar-refractivity contribution in [2.75, 3.05) is 5.73 Å². The van der Waals surface area contributed by atoms with Gasteiger partial charge in [-0.15, -0.1) is 0 Å². The minimum absolute atomic E-state index is 0.302. The van der Waals surface area contributed by atoms with E-state index in [-0.39, 0.29) is 0 Å². The summed E-state index contributed by atoms with van der Waals surface area (Å²) in [4.78, 5) is 11.5. The lowest BCUT2D eigenvalue weighted by Crippen LogP contribution is -1.95. The number of nitrogens with zero attached hydrogens (tertiary/aromatic N) is 4. The molecule has 70 valence electrons. The van der Waals surface area contributed by atoms with Crippen molar-refractivity contribution in [1.82, 2.24) is 15.1 Å². The Morgan fingerprint density at radius 1 is 1.43 bits per heavy atom. The van der Waals surface area contributed by atoms with Gasteiger partial charge in [0.25, 0.3) is 0 Å². The van der Waals surface area contributed by atoms with Crippen LogP contribution in [0, 0.1) is 0 Å². The molecule has 0 unspecified atom stereocenters. The molecule has 2 rings (SSSR count). The molecular formula is C8H7N5O. The van der Waals surface area contributed by atoms with Crippen LogP contribution in [0.25, 0.3) is 11.3 Å². The van der Waals surface area contributed by atoms with E-state index in [4.69, 9.17) is 10.3 Å². The zero-order chi connectivity index (χ0) is 9.97. The molecule has 0 fully saturated rings. The maximum atomic E-state index is 5.67. The number of rotatable bonds is 2. The molecular weight excluding hydrogens is 182 g/mol. The third-order valence-electron chi connectivity index (χ3n) is 1.70. The molecule has 2 N–H and O–H groups in total. The zero-order valence-corrected chi connectivity index (χ0v) is 7.21. The first kappa shape index (κ1) is 8.36. The summed E-state index contributed by atoms with van der Waals surface area (Å²) in [7, 11) is 0. The molecule has 0 bridgehead atoms. The van der Waals surface area contributed by atoms with Gasteiger partial charge < -0.3 is 10.3 Å². The molecule has 6 heteroatoms. The summed E-state index contributed by atoms with van der Waals surface area (Å²) in [5.74, 6) is 0.697. The Bertz CT molecular complexity index is 451. The van der Waals surface area contributed by atoms with E-state index >= 15 is 0 Å². The summed E-state index contributed by atoms with van der Waals surface area (Å²) < 4.78 is 4.70. The number of nitrogen functional groups attached to an aromatic ring is 1. The number of nitrogens with two attached hydrogens (primary N) is 1. The summed E-state index contributed by atoms with van der Waals surface area (Å²) in [5.41, 5.74) is 6.75. The topological polar surface area (TPSA) is 90.2 Å². The van der Waals surface area contributed by atoms with E-state index < -0.39 is 0 Å². The Labute approximate surface area is 79.5 Å². The fourth-order valence-electron chi connectivity index (χ4n) is 1.10. The van der Waals surface area contributed by atoms with Crippen molar-refractivity contribution >= 4 is 18.4 Å². The van der Waals surface area contributed by atoms with Gasteiger partial charge >= 0.3 is 0 Å². The minimum atomic E-state index is 0.302. The molecule has 0 spiro atoms. The van der Waals surface area contributed by atoms with Crippen molar-refractivity contribution in [2.45, 2.75) is 0 Å². The van der Waals surface area contributed by atoms with Gasteiger partial charge in [-0.2, -0.15) is 0 Å². The number of aromatic nitrogens is 3. The molecule has 2 heterocycles. The van der Waals surface area contributed by atoms with Crippen LogP contribution in [0.1, 0.15) is 0 Å². The quantitative estimate of drug-likeness (QED) is 0.713. The van der Waals surface area contributed by atoms with Gasteiger partial charge in [-0.3, -0.25) is 0 Å². The summed E-state index contributed by atoms with van der Waals surface area (Å²) >= 11 is 0. The molecule has 0 radical (unpaired) electrons. The molecule has 0 aliphatic carbocycles. The molecule has 0 aliphatic rings. The van der Waals surface area contributed by atoms with Crippen molar-refractivity contribution in [1.29, 1.82) is 0 Å². The molecule has 0 aliphatic heterocycles. The van der Waals surface area contributed by atoms with E-state index in [1.54, 1.807) is 6.07 Å². The summed E-state index contributed by atoms with van der Waals surface area (Å²) in [5, 5.41) is 3.73. The normalized spacial score (nSPS) is 10.0. The van der Waals surface area contributed by atoms with Crippen molar-refractivity contribution < 1.29 is 4.52 Å². The van der Waals surface area contributed by atoms with E-state index in [1.807, 2.05) is 0 Å². The van der Waals surface area contributed by atoms with Gasteiger partial charge in [0.15, 0.2) is 5.82 Å². The Hall–Kier alpha value is -2.24. The Morgan fingerprint density at radius 2 is 2.29 bits per heavy atom. The fraction of sp³-hybridized carbons (Fsp3) is 0. The number of hydrogen-bond donors (Lipinski definition) is 1. The van der Waals surface area contributed by atoms with Gasteiger partial charge in [-0.25, -0.2) is 15.0 Å². The minimum Gasteiger partial charge on any atom is -0.383 e. The van der Waals surface area contributed by atoms with E-state index in [9.17, 15) is 0 Å². The van der Waals surface area contributed by atoms with E-state index in [2.05, 4.69) is 26.8 Å². The average molecular weight is 189 g/mol. The molecule has 0 amide bonds. The highest BCUT2D eigenvalue weighted by atomic mass is 16.5. The van der Waals surface area contributed by atoms with E-state index in [0.29, 0.717) is 22.9 Å². The van der Waals surface area contributed by atoms with Gasteiger partial charge in [-0.05, 0) is 6.72 Å². The van der Waals surface area contributed by atoms with Gasteiger partial charge in [0.2, 0.25) is 0 Å². The Morgan fingerprint density at radius 3 is 2.93 bits per heavy atom. The maximum absolute atomic E-state index is 5.67. The van der Waals surface area contributed by atoms with Crippen LogP contribution in [0.5, 0.6) is 0 Å². The first-order valence-corrected chi connectivity index (χ1v) is 3.81. The standard InChI is InChI=1S/C8H7N5O/c1-10-8-6(5-2-3-14-13-5)7(9)11-4-12-8/h2-4H,1H2,(H2,9,11,12). The highest BCUT2D eigenvalue weighted by Crippen LogP contribution is 2.30.